The molecule has 0 bridgehead atoms. The van der Waals surface area contributed by atoms with Gasteiger partial charge < -0.3 is 9.52 Å². The van der Waals surface area contributed by atoms with Gasteiger partial charge in [0.1, 0.15) is 29.3 Å². The number of hydrogen-bond donors (Lipinski definition) is 1. The van der Waals surface area contributed by atoms with Gasteiger partial charge in [0.25, 0.3) is 0 Å². The fourth-order valence-corrected chi connectivity index (χ4v) is 1.41. The fraction of sp³-hybridized carbons (Fsp3) is 0.167. The van der Waals surface area contributed by atoms with Crippen LogP contribution in [0.1, 0.15) is 18.8 Å². The molecule has 0 amide bonds. The van der Waals surface area contributed by atoms with Gasteiger partial charge in [-0.15, -0.1) is 0 Å². The SMILES string of the molecule is CC(O)c1ccc(-c2cc(F)ccc2F)o1. The van der Waals surface area contributed by atoms with Crippen LogP contribution < -0.4 is 0 Å². The normalized spacial score (nSPS) is 12.8. The minimum Gasteiger partial charge on any atom is -0.458 e. The highest BCUT2D eigenvalue weighted by Gasteiger charge is 2.12. The van der Waals surface area contributed by atoms with Crippen LogP contribution in [0, 0.1) is 11.6 Å². The zero-order valence-corrected chi connectivity index (χ0v) is 8.58. The molecular weight excluding hydrogens is 214 g/mol. The van der Waals surface area contributed by atoms with Crippen LogP contribution >= 0.6 is 0 Å². The first-order valence-corrected chi connectivity index (χ1v) is 4.81. The van der Waals surface area contributed by atoms with Gasteiger partial charge in [-0.3, -0.25) is 0 Å². The highest BCUT2D eigenvalue weighted by atomic mass is 19.1. The maximum atomic E-state index is 13.4. The van der Waals surface area contributed by atoms with Gasteiger partial charge in [0.05, 0.1) is 5.56 Å². The lowest BCUT2D eigenvalue weighted by atomic mass is 10.1. The molecule has 0 radical (unpaired) electrons. The number of rotatable bonds is 2. The summed E-state index contributed by atoms with van der Waals surface area (Å²) >= 11 is 0. The van der Waals surface area contributed by atoms with E-state index < -0.39 is 17.7 Å². The predicted octanol–water partition coefficient (Wildman–Crippen LogP) is 3.28. The van der Waals surface area contributed by atoms with E-state index in [0.717, 1.165) is 18.2 Å². The summed E-state index contributed by atoms with van der Waals surface area (Å²) in [6.45, 7) is 1.53. The average Bonchev–Trinajstić information content (AvgIpc) is 2.70. The third kappa shape index (κ3) is 1.97. The van der Waals surface area contributed by atoms with E-state index in [2.05, 4.69) is 0 Å². The van der Waals surface area contributed by atoms with Crippen molar-refractivity contribution in [3.05, 3.63) is 47.7 Å². The van der Waals surface area contributed by atoms with Crippen molar-refractivity contribution in [2.75, 3.05) is 0 Å². The summed E-state index contributed by atoms with van der Waals surface area (Å²) in [4.78, 5) is 0. The van der Waals surface area contributed by atoms with Crippen LogP contribution in [0.3, 0.4) is 0 Å². The average molecular weight is 224 g/mol. The van der Waals surface area contributed by atoms with Crippen molar-refractivity contribution >= 4 is 0 Å². The lowest BCUT2D eigenvalue weighted by molar-refractivity contribution is 0.170. The van der Waals surface area contributed by atoms with Crippen LogP contribution in [0.15, 0.2) is 34.7 Å². The van der Waals surface area contributed by atoms with E-state index in [9.17, 15) is 13.9 Å². The quantitative estimate of drug-likeness (QED) is 0.849. The molecule has 0 spiro atoms. The molecule has 2 nitrogen and oxygen atoms in total. The van der Waals surface area contributed by atoms with Crippen LogP contribution in [0.2, 0.25) is 0 Å². The first kappa shape index (κ1) is 10.8. The summed E-state index contributed by atoms with van der Waals surface area (Å²) in [5.74, 6) is -0.578. The Kier molecular flexibility index (Phi) is 2.75. The fourth-order valence-electron chi connectivity index (χ4n) is 1.41. The standard InChI is InChI=1S/C12H10F2O2/c1-7(15)11-4-5-12(16-11)9-6-8(13)2-3-10(9)14/h2-7,15H,1H3. The van der Waals surface area contributed by atoms with Crippen molar-refractivity contribution in [2.45, 2.75) is 13.0 Å². The van der Waals surface area contributed by atoms with E-state index in [1.807, 2.05) is 0 Å². The minimum absolute atomic E-state index is 0.0481. The van der Waals surface area contributed by atoms with Crippen molar-refractivity contribution in [2.24, 2.45) is 0 Å². The van der Waals surface area contributed by atoms with Crippen LogP contribution in [-0.4, -0.2) is 5.11 Å². The smallest absolute Gasteiger partial charge is 0.137 e. The van der Waals surface area contributed by atoms with Gasteiger partial charge in [-0.25, -0.2) is 8.78 Å². The second kappa shape index (κ2) is 4.06. The van der Waals surface area contributed by atoms with Crippen molar-refractivity contribution in [3.63, 3.8) is 0 Å². The van der Waals surface area contributed by atoms with Crippen LogP contribution in [0.4, 0.5) is 8.78 Å². The zero-order chi connectivity index (χ0) is 11.7. The first-order chi connectivity index (χ1) is 7.58. The van der Waals surface area contributed by atoms with Gasteiger partial charge in [-0.2, -0.15) is 0 Å². The second-order valence-corrected chi connectivity index (χ2v) is 3.50. The summed E-state index contributed by atoms with van der Waals surface area (Å²) in [6.07, 6.45) is -0.773. The number of benzene rings is 1. The molecule has 1 aromatic heterocycles. The molecule has 0 aliphatic carbocycles. The van der Waals surface area contributed by atoms with Gasteiger partial charge in [0.2, 0.25) is 0 Å². The molecule has 0 aliphatic heterocycles. The van der Waals surface area contributed by atoms with E-state index in [4.69, 9.17) is 4.42 Å². The third-order valence-electron chi connectivity index (χ3n) is 2.23. The Morgan fingerprint density at radius 2 is 1.94 bits per heavy atom. The zero-order valence-electron chi connectivity index (χ0n) is 8.58. The molecule has 0 saturated carbocycles. The van der Waals surface area contributed by atoms with Gasteiger partial charge >= 0.3 is 0 Å². The van der Waals surface area contributed by atoms with Crippen molar-refractivity contribution in [3.8, 4) is 11.3 Å². The molecule has 1 heterocycles. The summed E-state index contributed by atoms with van der Waals surface area (Å²) in [5, 5.41) is 9.25. The molecule has 1 N–H and O–H groups in total. The van der Waals surface area contributed by atoms with Crippen LogP contribution in [0.25, 0.3) is 11.3 Å². The summed E-state index contributed by atoms with van der Waals surface area (Å²) in [7, 11) is 0. The maximum Gasteiger partial charge on any atom is 0.137 e. The van der Waals surface area contributed by atoms with Crippen molar-refractivity contribution < 1.29 is 18.3 Å². The van der Waals surface area contributed by atoms with E-state index >= 15 is 0 Å². The van der Waals surface area contributed by atoms with E-state index in [1.54, 1.807) is 0 Å². The Morgan fingerprint density at radius 1 is 1.19 bits per heavy atom. The number of aliphatic hydroxyl groups is 1. The molecular formula is C12H10F2O2. The lowest BCUT2D eigenvalue weighted by Crippen LogP contribution is -1.87. The van der Waals surface area contributed by atoms with Gasteiger partial charge in [-0.05, 0) is 37.3 Å². The topological polar surface area (TPSA) is 33.4 Å². The van der Waals surface area contributed by atoms with E-state index in [1.165, 1.54) is 19.1 Å². The molecule has 0 fully saturated rings. The second-order valence-electron chi connectivity index (χ2n) is 3.50. The van der Waals surface area contributed by atoms with Gasteiger partial charge in [-0.1, -0.05) is 0 Å². The molecule has 2 aromatic rings. The molecule has 1 aromatic carbocycles. The van der Waals surface area contributed by atoms with E-state index in [-0.39, 0.29) is 11.3 Å². The Labute approximate surface area is 91.1 Å². The number of halogens is 2. The molecule has 2 rings (SSSR count). The molecule has 1 unspecified atom stereocenters. The molecule has 1 atom stereocenters. The minimum atomic E-state index is -0.773. The Hall–Kier alpha value is -1.68. The monoisotopic (exact) mass is 224 g/mol. The van der Waals surface area contributed by atoms with Crippen LogP contribution in [0.5, 0.6) is 0 Å². The highest BCUT2D eigenvalue weighted by Crippen LogP contribution is 2.27. The Morgan fingerprint density at radius 3 is 2.56 bits per heavy atom. The number of aliphatic hydroxyl groups excluding tert-OH is 1. The Bertz CT molecular complexity index is 503. The molecule has 4 heteroatoms. The largest absolute Gasteiger partial charge is 0.458 e. The van der Waals surface area contributed by atoms with Crippen molar-refractivity contribution in [1.29, 1.82) is 0 Å². The first-order valence-electron chi connectivity index (χ1n) is 4.81. The summed E-state index contributed by atoms with van der Waals surface area (Å²) in [6, 6.07) is 6.16. The lowest BCUT2D eigenvalue weighted by Gasteiger charge is -2.01. The van der Waals surface area contributed by atoms with E-state index in [0.29, 0.717) is 5.76 Å². The van der Waals surface area contributed by atoms with Crippen molar-refractivity contribution in [1.82, 2.24) is 0 Å². The molecule has 84 valence electrons. The molecule has 16 heavy (non-hydrogen) atoms. The predicted molar refractivity (Wildman–Crippen MR) is 54.7 cm³/mol. The summed E-state index contributed by atoms with van der Waals surface area (Å²) in [5.41, 5.74) is 0.0481. The maximum absolute atomic E-state index is 13.4. The van der Waals surface area contributed by atoms with Crippen LogP contribution in [-0.2, 0) is 0 Å². The third-order valence-corrected chi connectivity index (χ3v) is 2.23. The molecule has 0 aliphatic rings. The van der Waals surface area contributed by atoms with Gasteiger partial charge in [0.15, 0.2) is 0 Å². The van der Waals surface area contributed by atoms with Gasteiger partial charge in [0, 0.05) is 0 Å². The Balaban J connectivity index is 2.46. The molecule has 0 saturated heterocycles. The number of hydrogen-bond acceptors (Lipinski definition) is 2. The highest BCUT2D eigenvalue weighted by molar-refractivity contribution is 5.58. The number of furan rings is 1. The summed E-state index contributed by atoms with van der Waals surface area (Å²) < 4.78 is 31.5.